The number of urea groups is 1. The molecule has 2 aromatic heterocycles. The molecule has 2 amide bonds. The number of hydrogen-bond acceptors (Lipinski definition) is 3. The smallest absolute Gasteiger partial charge is 0.317 e. The van der Waals surface area contributed by atoms with Gasteiger partial charge in [-0.3, -0.25) is 0 Å². The summed E-state index contributed by atoms with van der Waals surface area (Å²) in [5.74, 6) is 1.22. The number of rotatable bonds is 3. The molecule has 1 aliphatic heterocycles. The van der Waals surface area contributed by atoms with Gasteiger partial charge in [0.15, 0.2) is 0 Å². The fraction of sp³-hybridized carbons (Fsp3) is 0.562. The first kappa shape index (κ1) is 15.6. The molecule has 124 valence electrons. The second-order valence-corrected chi connectivity index (χ2v) is 6.27. The largest absolute Gasteiger partial charge is 0.350 e. The van der Waals surface area contributed by atoms with E-state index in [9.17, 15) is 4.79 Å². The van der Waals surface area contributed by atoms with Gasteiger partial charge >= 0.3 is 6.03 Å². The summed E-state index contributed by atoms with van der Waals surface area (Å²) in [7, 11) is 3.97. The summed E-state index contributed by atoms with van der Waals surface area (Å²) < 4.78 is 4.04. The van der Waals surface area contributed by atoms with Crippen LogP contribution in [0, 0.1) is 6.92 Å². The van der Waals surface area contributed by atoms with Crippen LogP contribution in [0.15, 0.2) is 18.5 Å². The van der Waals surface area contributed by atoms with E-state index < -0.39 is 0 Å². The summed E-state index contributed by atoms with van der Waals surface area (Å²) in [6.07, 6.45) is 3.76. The van der Waals surface area contributed by atoms with Crippen molar-refractivity contribution in [3.8, 4) is 0 Å². The number of nitrogens with one attached hydrogen (secondary N) is 1. The van der Waals surface area contributed by atoms with Crippen molar-refractivity contribution in [2.45, 2.75) is 32.2 Å². The van der Waals surface area contributed by atoms with Crippen LogP contribution in [0.25, 0.3) is 0 Å². The zero-order valence-corrected chi connectivity index (χ0v) is 14.0. The third kappa shape index (κ3) is 3.23. The van der Waals surface area contributed by atoms with Crippen LogP contribution >= 0.6 is 0 Å². The molecule has 3 rings (SSSR count). The van der Waals surface area contributed by atoms with Gasteiger partial charge in [-0.2, -0.15) is 0 Å². The number of amides is 2. The van der Waals surface area contributed by atoms with Crippen LogP contribution in [0.1, 0.15) is 36.0 Å². The minimum atomic E-state index is -0.00396. The Hall–Kier alpha value is -2.31. The maximum absolute atomic E-state index is 12.5. The summed E-state index contributed by atoms with van der Waals surface area (Å²) in [6.45, 7) is 4.10. The second-order valence-electron chi connectivity index (χ2n) is 6.27. The quantitative estimate of drug-likeness (QED) is 0.934. The van der Waals surface area contributed by atoms with Gasteiger partial charge < -0.3 is 19.4 Å². The molecule has 1 unspecified atom stereocenters. The zero-order chi connectivity index (χ0) is 16.4. The minimum Gasteiger partial charge on any atom is -0.350 e. The molecule has 3 heterocycles. The van der Waals surface area contributed by atoms with Crippen LogP contribution in [0.2, 0.25) is 0 Å². The molecule has 7 heteroatoms. The lowest BCUT2D eigenvalue weighted by molar-refractivity contribution is 0.177. The van der Waals surface area contributed by atoms with E-state index in [0.717, 1.165) is 30.9 Å². The Kier molecular flexibility index (Phi) is 4.36. The van der Waals surface area contributed by atoms with Crippen molar-refractivity contribution in [2.24, 2.45) is 14.1 Å². The summed E-state index contributed by atoms with van der Waals surface area (Å²) >= 11 is 0. The Morgan fingerprint density at radius 1 is 1.39 bits per heavy atom. The van der Waals surface area contributed by atoms with E-state index in [1.165, 1.54) is 5.69 Å². The lowest BCUT2D eigenvalue weighted by Crippen LogP contribution is -2.45. The molecule has 0 aliphatic carbocycles. The highest BCUT2D eigenvalue weighted by Gasteiger charge is 2.27. The molecule has 1 atom stereocenters. The van der Waals surface area contributed by atoms with Crippen molar-refractivity contribution in [1.29, 1.82) is 0 Å². The van der Waals surface area contributed by atoms with E-state index in [1.807, 2.05) is 29.6 Å². The zero-order valence-electron chi connectivity index (χ0n) is 14.0. The number of piperidine rings is 1. The van der Waals surface area contributed by atoms with Crippen molar-refractivity contribution in [3.63, 3.8) is 0 Å². The molecule has 1 aliphatic rings. The van der Waals surface area contributed by atoms with Crippen LogP contribution in [0.3, 0.4) is 0 Å². The van der Waals surface area contributed by atoms with E-state index in [-0.39, 0.29) is 11.9 Å². The van der Waals surface area contributed by atoms with Gasteiger partial charge in [-0.05, 0) is 31.9 Å². The average molecular weight is 316 g/mol. The summed E-state index contributed by atoms with van der Waals surface area (Å²) in [6, 6.07) is 4.11. The van der Waals surface area contributed by atoms with E-state index in [2.05, 4.69) is 33.1 Å². The van der Waals surface area contributed by atoms with Crippen molar-refractivity contribution in [2.75, 3.05) is 13.1 Å². The fourth-order valence-corrected chi connectivity index (χ4v) is 3.16. The fourth-order valence-electron chi connectivity index (χ4n) is 3.16. The predicted molar refractivity (Wildman–Crippen MR) is 86.9 cm³/mol. The number of nitrogens with zero attached hydrogens (tertiary/aromatic N) is 5. The molecule has 2 aromatic rings. The Labute approximate surface area is 136 Å². The number of likely N-dealkylation sites (tertiary alicyclic amines) is 1. The van der Waals surface area contributed by atoms with Crippen LogP contribution in [0.4, 0.5) is 4.79 Å². The van der Waals surface area contributed by atoms with Gasteiger partial charge in [-0.1, -0.05) is 0 Å². The Morgan fingerprint density at radius 2 is 2.22 bits per heavy atom. The lowest BCUT2D eigenvalue weighted by Gasteiger charge is -2.32. The number of carbonyl (C=O) groups excluding carboxylic acids is 1. The predicted octanol–water partition coefficient (Wildman–Crippen LogP) is 1.55. The van der Waals surface area contributed by atoms with Crippen LogP contribution in [-0.2, 0) is 20.6 Å². The molecule has 7 nitrogen and oxygen atoms in total. The van der Waals surface area contributed by atoms with Crippen molar-refractivity contribution in [3.05, 3.63) is 35.7 Å². The molecule has 0 spiro atoms. The highest BCUT2D eigenvalue weighted by atomic mass is 16.2. The van der Waals surface area contributed by atoms with Crippen LogP contribution in [-0.4, -0.2) is 43.4 Å². The molecule has 0 saturated carbocycles. The molecule has 1 fully saturated rings. The molecule has 0 aromatic carbocycles. The van der Waals surface area contributed by atoms with E-state index >= 15 is 0 Å². The Bertz CT molecular complexity index is 689. The van der Waals surface area contributed by atoms with E-state index in [4.69, 9.17) is 0 Å². The molecule has 1 saturated heterocycles. The highest BCUT2D eigenvalue weighted by molar-refractivity contribution is 5.74. The summed E-state index contributed by atoms with van der Waals surface area (Å²) in [5, 5.41) is 11.2. The monoisotopic (exact) mass is 316 g/mol. The standard InChI is InChI=1S/C16H24N6O/c1-12-6-7-14(21(12)3)9-17-16(23)22-8-4-5-13(10-22)15-19-18-11-20(15)2/h6-7,11,13H,4-5,8-10H2,1-3H3,(H,17,23). The first-order valence-electron chi connectivity index (χ1n) is 8.04. The van der Waals surface area contributed by atoms with E-state index in [0.29, 0.717) is 13.1 Å². The number of aryl methyl sites for hydroxylation is 2. The van der Waals surface area contributed by atoms with Gasteiger partial charge in [0.1, 0.15) is 12.2 Å². The molecular formula is C16H24N6O. The molecule has 1 N–H and O–H groups in total. The van der Waals surface area contributed by atoms with Gasteiger partial charge in [-0.25, -0.2) is 4.79 Å². The Balaban J connectivity index is 1.59. The van der Waals surface area contributed by atoms with Gasteiger partial charge in [0, 0.05) is 44.5 Å². The molecule has 23 heavy (non-hydrogen) atoms. The minimum absolute atomic E-state index is 0.00396. The van der Waals surface area contributed by atoms with Crippen LogP contribution in [0.5, 0.6) is 0 Å². The third-order valence-electron chi connectivity index (χ3n) is 4.72. The maximum Gasteiger partial charge on any atom is 0.317 e. The van der Waals surface area contributed by atoms with Gasteiger partial charge in [-0.15, -0.1) is 10.2 Å². The van der Waals surface area contributed by atoms with E-state index in [1.54, 1.807) is 6.33 Å². The van der Waals surface area contributed by atoms with Crippen molar-refractivity contribution in [1.82, 2.24) is 29.5 Å². The normalized spacial score (nSPS) is 18.2. The number of hydrogen-bond donors (Lipinski definition) is 1. The molecular weight excluding hydrogens is 292 g/mol. The van der Waals surface area contributed by atoms with Crippen molar-refractivity contribution < 1.29 is 4.79 Å². The van der Waals surface area contributed by atoms with Gasteiger partial charge in [0.2, 0.25) is 0 Å². The van der Waals surface area contributed by atoms with Crippen LogP contribution < -0.4 is 5.32 Å². The number of aromatic nitrogens is 4. The topological polar surface area (TPSA) is 68.0 Å². The van der Waals surface area contributed by atoms with Crippen molar-refractivity contribution >= 4 is 6.03 Å². The molecule has 0 radical (unpaired) electrons. The lowest BCUT2D eigenvalue weighted by atomic mass is 9.97. The van der Waals surface area contributed by atoms with Gasteiger partial charge in [0.25, 0.3) is 0 Å². The molecule has 0 bridgehead atoms. The Morgan fingerprint density at radius 3 is 2.87 bits per heavy atom. The summed E-state index contributed by atoms with van der Waals surface area (Å²) in [5.41, 5.74) is 2.30. The number of carbonyl (C=O) groups is 1. The first-order valence-corrected chi connectivity index (χ1v) is 8.04. The third-order valence-corrected chi connectivity index (χ3v) is 4.72. The first-order chi connectivity index (χ1) is 11.1. The maximum atomic E-state index is 12.5. The highest BCUT2D eigenvalue weighted by Crippen LogP contribution is 2.24. The summed E-state index contributed by atoms with van der Waals surface area (Å²) in [4.78, 5) is 14.3. The van der Waals surface area contributed by atoms with Gasteiger partial charge in [0.05, 0.1) is 6.54 Å². The average Bonchev–Trinajstić information content (AvgIpc) is 3.12. The SMILES string of the molecule is Cc1ccc(CNC(=O)N2CCCC(c3nncn3C)C2)n1C. The second kappa shape index (κ2) is 6.44.